The molecule has 4 nitrogen and oxygen atoms in total. The second kappa shape index (κ2) is 5.63. The van der Waals surface area contributed by atoms with Crippen LogP contribution in [0.4, 0.5) is 10.1 Å². The lowest BCUT2D eigenvalue weighted by Gasteiger charge is -2.07. The summed E-state index contributed by atoms with van der Waals surface area (Å²) >= 11 is 5.63. The number of carbonyl (C=O) groups is 2. The van der Waals surface area contributed by atoms with Gasteiger partial charge in [-0.05, 0) is 12.1 Å². The highest BCUT2D eigenvalue weighted by Crippen LogP contribution is 2.23. The molecule has 0 saturated carbocycles. The molecule has 0 atom stereocenters. The second-order valence-electron chi connectivity index (χ2n) is 3.44. The first-order chi connectivity index (χ1) is 7.95. The second-order valence-corrected chi connectivity index (χ2v) is 3.82. The van der Waals surface area contributed by atoms with E-state index in [1.807, 2.05) is 0 Å². The Labute approximate surface area is 103 Å². The molecule has 0 aliphatic carbocycles. The average molecular weight is 259 g/mol. The standard InChI is InChI=1S/C11H12ClFN2O2/c1-2-7(16)5-15-11(17)8-3-6(14)4-9(13)10(8)12/h3-4H,2,5,14H2,1H3,(H,15,17). The molecule has 6 heteroatoms. The Balaban J connectivity index is 2.86. The predicted octanol–water partition coefficient (Wildman–Crippen LogP) is 1.77. The van der Waals surface area contributed by atoms with Crippen molar-refractivity contribution < 1.29 is 14.0 Å². The highest BCUT2D eigenvalue weighted by molar-refractivity contribution is 6.34. The summed E-state index contributed by atoms with van der Waals surface area (Å²) in [6, 6.07) is 2.29. The van der Waals surface area contributed by atoms with Crippen molar-refractivity contribution in [2.75, 3.05) is 12.3 Å². The third-order valence-corrected chi connectivity index (χ3v) is 2.52. The van der Waals surface area contributed by atoms with Crippen LogP contribution in [0.1, 0.15) is 23.7 Å². The highest BCUT2D eigenvalue weighted by atomic mass is 35.5. The van der Waals surface area contributed by atoms with E-state index < -0.39 is 11.7 Å². The van der Waals surface area contributed by atoms with Crippen LogP contribution in [-0.4, -0.2) is 18.2 Å². The molecule has 1 amide bonds. The first-order valence-corrected chi connectivity index (χ1v) is 5.38. The van der Waals surface area contributed by atoms with Gasteiger partial charge >= 0.3 is 0 Å². The van der Waals surface area contributed by atoms with E-state index in [-0.39, 0.29) is 28.6 Å². The lowest BCUT2D eigenvalue weighted by Crippen LogP contribution is -2.29. The van der Waals surface area contributed by atoms with Crippen molar-refractivity contribution >= 4 is 29.0 Å². The maximum absolute atomic E-state index is 13.2. The molecular formula is C11H12ClFN2O2. The van der Waals surface area contributed by atoms with E-state index in [2.05, 4.69) is 5.32 Å². The number of ketones is 1. The molecule has 0 bridgehead atoms. The zero-order chi connectivity index (χ0) is 13.0. The van der Waals surface area contributed by atoms with Crippen LogP contribution in [0, 0.1) is 5.82 Å². The molecule has 0 saturated heterocycles. The van der Waals surface area contributed by atoms with Gasteiger partial charge in [0.2, 0.25) is 0 Å². The van der Waals surface area contributed by atoms with E-state index in [1.54, 1.807) is 6.92 Å². The number of nitrogens with two attached hydrogens (primary N) is 1. The molecular weight excluding hydrogens is 247 g/mol. The Bertz CT molecular complexity index is 463. The molecule has 0 aliphatic heterocycles. The maximum Gasteiger partial charge on any atom is 0.253 e. The topological polar surface area (TPSA) is 72.2 Å². The molecule has 0 aliphatic rings. The van der Waals surface area contributed by atoms with Gasteiger partial charge in [-0.2, -0.15) is 0 Å². The predicted molar refractivity (Wildman–Crippen MR) is 63.5 cm³/mol. The number of nitrogen functional groups attached to an aromatic ring is 1. The van der Waals surface area contributed by atoms with Crippen molar-refractivity contribution in [3.63, 3.8) is 0 Å². The minimum absolute atomic E-state index is 0.0759. The SMILES string of the molecule is CCC(=O)CNC(=O)c1cc(N)cc(F)c1Cl. The summed E-state index contributed by atoms with van der Waals surface area (Å²) in [5.41, 5.74) is 5.42. The minimum atomic E-state index is -0.765. The number of hydrogen-bond acceptors (Lipinski definition) is 3. The molecule has 17 heavy (non-hydrogen) atoms. The largest absolute Gasteiger partial charge is 0.399 e. The number of Topliss-reactive ketones (excluding diaryl/α,β-unsaturated/α-hetero) is 1. The number of anilines is 1. The summed E-state index contributed by atoms with van der Waals surface area (Å²) in [6.07, 6.45) is 0.319. The first kappa shape index (κ1) is 13.4. The van der Waals surface area contributed by atoms with Crippen LogP contribution >= 0.6 is 11.6 Å². The summed E-state index contributed by atoms with van der Waals surface area (Å²) in [6.45, 7) is 1.57. The van der Waals surface area contributed by atoms with Gasteiger partial charge in [0, 0.05) is 12.1 Å². The van der Waals surface area contributed by atoms with Crippen molar-refractivity contribution in [2.45, 2.75) is 13.3 Å². The molecule has 0 radical (unpaired) electrons. The van der Waals surface area contributed by atoms with E-state index in [4.69, 9.17) is 17.3 Å². The quantitative estimate of drug-likeness (QED) is 0.809. The lowest BCUT2D eigenvalue weighted by atomic mass is 10.1. The summed E-state index contributed by atoms with van der Waals surface area (Å²) in [4.78, 5) is 22.6. The lowest BCUT2D eigenvalue weighted by molar-refractivity contribution is -0.117. The van der Waals surface area contributed by atoms with Gasteiger partial charge in [-0.15, -0.1) is 0 Å². The van der Waals surface area contributed by atoms with Crippen molar-refractivity contribution in [2.24, 2.45) is 0 Å². The molecule has 0 aromatic heterocycles. The third kappa shape index (κ3) is 3.42. The van der Waals surface area contributed by atoms with Crippen LogP contribution in [-0.2, 0) is 4.79 Å². The zero-order valence-corrected chi connectivity index (χ0v) is 9.97. The number of hydrogen-bond donors (Lipinski definition) is 2. The molecule has 3 N–H and O–H groups in total. The number of nitrogens with one attached hydrogen (secondary N) is 1. The Morgan fingerprint density at radius 3 is 2.71 bits per heavy atom. The number of halogens is 2. The van der Waals surface area contributed by atoms with Gasteiger partial charge in [0.15, 0.2) is 5.78 Å². The van der Waals surface area contributed by atoms with Crippen molar-refractivity contribution in [3.8, 4) is 0 Å². The van der Waals surface area contributed by atoms with E-state index in [0.717, 1.165) is 6.07 Å². The monoisotopic (exact) mass is 258 g/mol. The summed E-state index contributed by atoms with van der Waals surface area (Å²) in [7, 11) is 0. The van der Waals surface area contributed by atoms with Crippen LogP contribution in [0.5, 0.6) is 0 Å². The molecule has 0 heterocycles. The van der Waals surface area contributed by atoms with Crippen LogP contribution in [0.15, 0.2) is 12.1 Å². The zero-order valence-electron chi connectivity index (χ0n) is 9.22. The molecule has 0 fully saturated rings. The highest BCUT2D eigenvalue weighted by Gasteiger charge is 2.15. The van der Waals surface area contributed by atoms with Crippen LogP contribution in [0.2, 0.25) is 5.02 Å². The Hall–Kier alpha value is -1.62. The fraction of sp³-hybridized carbons (Fsp3) is 0.273. The van der Waals surface area contributed by atoms with Gasteiger partial charge in [-0.3, -0.25) is 9.59 Å². The van der Waals surface area contributed by atoms with Gasteiger partial charge in [0.25, 0.3) is 5.91 Å². The fourth-order valence-electron chi connectivity index (χ4n) is 1.17. The first-order valence-electron chi connectivity index (χ1n) is 5.00. The fourth-order valence-corrected chi connectivity index (χ4v) is 1.37. The van der Waals surface area contributed by atoms with Gasteiger partial charge in [0.05, 0.1) is 17.1 Å². The molecule has 1 rings (SSSR count). The molecule has 0 spiro atoms. The molecule has 1 aromatic carbocycles. The third-order valence-electron chi connectivity index (χ3n) is 2.14. The van der Waals surface area contributed by atoms with Gasteiger partial charge in [-0.25, -0.2) is 4.39 Å². The van der Waals surface area contributed by atoms with Gasteiger partial charge in [-0.1, -0.05) is 18.5 Å². The summed E-state index contributed by atoms with van der Waals surface area (Å²) in [5, 5.41) is 2.04. The number of benzene rings is 1. The van der Waals surface area contributed by atoms with Crippen LogP contribution < -0.4 is 11.1 Å². The van der Waals surface area contributed by atoms with Crippen LogP contribution in [0.25, 0.3) is 0 Å². The Morgan fingerprint density at radius 1 is 1.47 bits per heavy atom. The van der Waals surface area contributed by atoms with E-state index in [0.29, 0.717) is 6.42 Å². The van der Waals surface area contributed by atoms with E-state index in [9.17, 15) is 14.0 Å². The van der Waals surface area contributed by atoms with Gasteiger partial charge < -0.3 is 11.1 Å². The minimum Gasteiger partial charge on any atom is -0.399 e. The summed E-state index contributed by atoms with van der Waals surface area (Å²) in [5.74, 6) is -1.51. The van der Waals surface area contributed by atoms with Gasteiger partial charge in [0.1, 0.15) is 5.82 Å². The molecule has 0 unspecified atom stereocenters. The van der Waals surface area contributed by atoms with Crippen molar-refractivity contribution in [1.82, 2.24) is 5.32 Å². The number of carbonyl (C=O) groups excluding carboxylic acids is 2. The van der Waals surface area contributed by atoms with Crippen molar-refractivity contribution in [3.05, 3.63) is 28.5 Å². The van der Waals surface area contributed by atoms with E-state index >= 15 is 0 Å². The average Bonchev–Trinajstić information content (AvgIpc) is 2.30. The van der Waals surface area contributed by atoms with Crippen LogP contribution in [0.3, 0.4) is 0 Å². The molecule has 1 aromatic rings. The molecule has 92 valence electrons. The smallest absolute Gasteiger partial charge is 0.253 e. The Kier molecular flexibility index (Phi) is 4.45. The maximum atomic E-state index is 13.2. The number of rotatable bonds is 4. The van der Waals surface area contributed by atoms with Crippen molar-refractivity contribution in [1.29, 1.82) is 0 Å². The van der Waals surface area contributed by atoms with E-state index in [1.165, 1.54) is 6.07 Å². The Morgan fingerprint density at radius 2 is 2.12 bits per heavy atom. The summed E-state index contributed by atoms with van der Waals surface area (Å²) < 4.78 is 13.2. The normalized spacial score (nSPS) is 10.1. The number of amides is 1.